The van der Waals surface area contributed by atoms with Gasteiger partial charge in [0.05, 0.1) is 45.3 Å². The number of carbonyl (C=O) groups is 2. The van der Waals surface area contributed by atoms with E-state index in [4.69, 9.17) is 10.5 Å². The van der Waals surface area contributed by atoms with Crippen LogP contribution in [0.2, 0.25) is 0 Å². The number of hydrogen-bond donors (Lipinski definition) is 6. The van der Waals surface area contributed by atoms with Crippen molar-refractivity contribution < 1.29 is 33.0 Å². The number of phenolic OH excluding ortho intramolecular Hbond substituents is 1. The number of aromatic nitrogens is 2. The van der Waals surface area contributed by atoms with E-state index in [0.717, 1.165) is 31.5 Å². The molecular formula is C52H56N8O8S. The Bertz CT molecular complexity index is 3190. The molecular weight excluding hydrogens is 897 g/mol. The number of ether oxygens (including phenoxy) is 1. The van der Waals surface area contributed by atoms with E-state index >= 15 is 0 Å². The Balaban J connectivity index is 0.827. The van der Waals surface area contributed by atoms with Crippen LogP contribution in [0.3, 0.4) is 0 Å². The molecule has 7 aromatic rings. The number of pyridine rings is 2. The third-order valence-corrected chi connectivity index (χ3v) is 14.3. The second kappa shape index (κ2) is 20.8. The van der Waals surface area contributed by atoms with E-state index in [1.807, 2.05) is 4.90 Å². The summed E-state index contributed by atoms with van der Waals surface area (Å²) in [5.74, 6) is -0.181. The molecule has 17 heteroatoms. The van der Waals surface area contributed by atoms with E-state index in [9.17, 15) is 33.0 Å². The van der Waals surface area contributed by atoms with Crippen molar-refractivity contribution in [1.29, 1.82) is 0 Å². The first-order chi connectivity index (χ1) is 33.2. The number of aromatic hydroxyl groups is 1. The van der Waals surface area contributed by atoms with E-state index in [1.54, 1.807) is 86.6 Å². The van der Waals surface area contributed by atoms with Gasteiger partial charge in [0.25, 0.3) is 5.91 Å². The number of hydrogen-bond acceptors (Lipinski definition) is 12. The number of aliphatic hydroxyl groups excluding tert-OH is 1. The maximum absolute atomic E-state index is 14.3. The number of aliphatic hydroxyl groups is 1. The number of fused-ring (bicyclic) bond motifs is 2. The Labute approximate surface area is 400 Å². The monoisotopic (exact) mass is 952 g/mol. The number of unbranched alkanes of at least 4 members (excludes halogenated alkanes) is 1. The minimum atomic E-state index is -4.08. The number of H-pyrrole nitrogens is 1. The van der Waals surface area contributed by atoms with Crippen LogP contribution in [0.5, 0.6) is 11.5 Å². The summed E-state index contributed by atoms with van der Waals surface area (Å²) in [7, 11) is -0.822. The number of methoxy groups -OCH3 is 1. The quantitative estimate of drug-likeness (QED) is 0.0519. The molecule has 1 fully saturated rings. The fourth-order valence-electron chi connectivity index (χ4n) is 8.81. The zero-order valence-electron chi connectivity index (χ0n) is 38.7. The largest absolute Gasteiger partial charge is 0.506 e. The number of anilines is 3. The van der Waals surface area contributed by atoms with Crippen LogP contribution < -0.4 is 31.6 Å². The Hall–Kier alpha value is -7.47. The minimum Gasteiger partial charge on any atom is -0.506 e. The van der Waals surface area contributed by atoms with E-state index in [2.05, 4.69) is 49.8 Å². The SMILES string of the molecule is COc1cccc(Nc2c(C(N)=O)cnc3c(C)cc(S(=O)(=O)c4cccc(CN(C)C(=O)N5CCN(c6ccc(CCCCNC[C@H](O)c7ccc(O)c8[nH]c(=O)ccc78)cc6)CC5)c4)cc23)c1. The Morgan fingerprint density at radius 1 is 0.899 bits per heavy atom. The maximum Gasteiger partial charge on any atom is 0.320 e. The number of aromatic amines is 1. The van der Waals surface area contributed by atoms with Crippen LogP contribution >= 0.6 is 0 Å². The van der Waals surface area contributed by atoms with Crippen molar-refractivity contribution >= 4 is 60.6 Å². The molecule has 8 rings (SSSR count). The summed E-state index contributed by atoms with van der Waals surface area (Å²) in [5.41, 5.74) is 11.5. The van der Waals surface area contributed by atoms with Gasteiger partial charge in [-0.25, -0.2) is 13.2 Å². The fourth-order valence-corrected chi connectivity index (χ4v) is 10.2. The van der Waals surface area contributed by atoms with Crippen molar-refractivity contribution in [3.8, 4) is 11.5 Å². The van der Waals surface area contributed by atoms with Crippen molar-refractivity contribution in [3.63, 3.8) is 0 Å². The van der Waals surface area contributed by atoms with Crippen LogP contribution in [-0.2, 0) is 22.8 Å². The molecule has 16 nitrogen and oxygen atoms in total. The summed E-state index contributed by atoms with van der Waals surface area (Å²) < 4.78 is 34.0. The van der Waals surface area contributed by atoms with Crippen molar-refractivity contribution in [3.05, 3.63) is 154 Å². The van der Waals surface area contributed by atoms with Gasteiger partial charge in [-0.15, -0.1) is 0 Å². The number of nitrogens with two attached hydrogens (primary N) is 1. The number of sulfone groups is 1. The molecule has 0 bridgehead atoms. The van der Waals surface area contributed by atoms with Gasteiger partial charge in [0.15, 0.2) is 0 Å². The van der Waals surface area contributed by atoms with Crippen molar-refractivity contribution in [1.82, 2.24) is 25.1 Å². The van der Waals surface area contributed by atoms with Crippen LogP contribution in [0.1, 0.15) is 51.6 Å². The molecule has 5 aromatic carbocycles. The number of urea groups is 1. The molecule has 0 spiro atoms. The highest BCUT2D eigenvalue weighted by molar-refractivity contribution is 7.91. The summed E-state index contributed by atoms with van der Waals surface area (Å²) in [5, 5.41) is 28.5. The lowest BCUT2D eigenvalue weighted by atomic mass is 10.0. The lowest BCUT2D eigenvalue weighted by molar-refractivity contribution is 0.100. The van der Waals surface area contributed by atoms with E-state index in [1.165, 1.54) is 36.0 Å². The zero-order chi connectivity index (χ0) is 48.8. The third-order valence-electron chi connectivity index (χ3n) is 12.5. The number of rotatable bonds is 17. The van der Waals surface area contributed by atoms with Crippen LogP contribution in [0.25, 0.3) is 21.8 Å². The third kappa shape index (κ3) is 10.8. The van der Waals surface area contributed by atoms with Crippen molar-refractivity contribution in [2.24, 2.45) is 5.73 Å². The molecule has 0 saturated carbocycles. The topological polar surface area (TPSA) is 224 Å². The van der Waals surface area contributed by atoms with Gasteiger partial charge in [0, 0.05) is 86.8 Å². The van der Waals surface area contributed by atoms with Gasteiger partial charge in [-0.3, -0.25) is 14.6 Å². The van der Waals surface area contributed by atoms with Gasteiger partial charge < -0.3 is 51.0 Å². The van der Waals surface area contributed by atoms with E-state index in [-0.39, 0.29) is 39.2 Å². The van der Waals surface area contributed by atoms with Crippen LogP contribution in [-0.4, -0.2) is 104 Å². The number of phenols is 1. The second-order valence-corrected chi connectivity index (χ2v) is 19.2. The average Bonchev–Trinajstić information content (AvgIpc) is 3.35. The number of carbonyl (C=O) groups excluding carboxylic acids is 2. The Morgan fingerprint density at radius 3 is 2.42 bits per heavy atom. The molecule has 1 atom stereocenters. The lowest BCUT2D eigenvalue weighted by Gasteiger charge is -2.37. The zero-order valence-corrected chi connectivity index (χ0v) is 39.6. The van der Waals surface area contributed by atoms with Crippen LogP contribution in [0.15, 0.2) is 130 Å². The van der Waals surface area contributed by atoms with E-state index < -0.39 is 21.8 Å². The van der Waals surface area contributed by atoms with Crippen LogP contribution in [0, 0.1) is 6.92 Å². The average molecular weight is 953 g/mol. The molecule has 7 N–H and O–H groups in total. The molecule has 69 heavy (non-hydrogen) atoms. The number of aryl methyl sites for hydroxylation is 2. The molecule has 0 aliphatic carbocycles. The Morgan fingerprint density at radius 2 is 1.67 bits per heavy atom. The summed E-state index contributed by atoms with van der Waals surface area (Å²) >= 11 is 0. The number of nitrogens with one attached hydrogen (secondary N) is 3. The normalized spacial score (nSPS) is 13.4. The minimum absolute atomic E-state index is 0.0145. The molecule has 2 aromatic heterocycles. The standard InChI is InChI=1S/C52H56N8O8S/c1-33-26-40(29-43-48(33)55-30-44(51(53)64)49(43)56-36-10-7-11-38(28-36)68-3)69(66,67)39-12-6-9-35(27-39)32-58(2)52(65)60-24-22-59(23-25-60)37-15-13-34(14-16-37)8-4-5-21-54-31-46(62)41-17-19-45(61)50-42(41)18-20-47(63)57-50/h6-7,9-20,26-30,46,54,61-62H,4-5,8,21-25,31-32H2,1-3H3,(H2,53,64)(H,55,56)(H,57,63)/t46-/m0/s1. The Kier molecular flexibility index (Phi) is 14.5. The van der Waals surface area contributed by atoms with E-state index in [0.29, 0.717) is 88.3 Å². The highest BCUT2D eigenvalue weighted by Gasteiger charge is 2.26. The molecule has 3 amide bonds. The van der Waals surface area contributed by atoms with Gasteiger partial charge in [-0.05, 0) is 116 Å². The van der Waals surface area contributed by atoms with Gasteiger partial charge >= 0.3 is 6.03 Å². The number of benzene rings is 5. The number of amides is 3. The molecule has 1 aliphatic rings. The van der Waals surface area contributed by atoms with Crippen molar-refractivity contribution in [2.75, 3.05) is 63.6 Å². The molecule has 0 unspecified atom stereocenters. The van der Waals surface area contributed by atoms with Gasteiger partial charge in [0.2, 0.25) is 15.4 Å². The summed E-state index contributed by atoms with van der Waals surface area (Å²) in [6.07, 6.45) is 3.38. The summed E-state index contributed by atoms with van der Waals surface area (Å²) in [6.45, 7) is 5.43. The highest BCUT2D eigenvalue weighted by Crippen LogP contribution is 2.35. The van der Waals surface area contributed by atoms with Crippen molar-refractivity contribution in [2.45, 2.75) is 48.6 Å². The fraction of sp³-hybridized carbons (Fsp3) is 0.269. The predicted molar refractivity (Wildman–Crippen MR) is 267 cm³/mol. The molecule has 0 radical (unpaired) electrons. The first kappa shape index (κ1) is 48.0. The predicted octanol–water partition coefficient (Wildman–Crippen LogP) is 6.79. The number of primary amides is 1. The maximum atomic E-state index is 14.3. The number of nitrogens with zero attached hydrogens (tertiary/aromatic N) is 4. The molecule has 3 heterocycles. The summed E-state index contributed by atoms with van der Waals surface area (Å²) in [6, 6.07) is 31.3. The first-order valence-electron chi connectivity index (χ1n) is 22.8. The summed E-state index contributed by atoms with van der Waals surface area (Å²) in [4.78, 5) is 50.9. The molecule has 1 aliphatic heterocycles. The molecule has 358 valence electrons. The smallest absolute Gasteiger partial charge is 0.320 e. The van der Waals surface area contributed by atoms with Gasteiger partial charge in [-0.2, -0.15) is 0 Å². The molecule has 1 saturated heterocycles. The first-order valence-corrected chi connectivity index (χ1v) is 24.2. The number of piperazine rings is 1. The van der Waals surface area contributed by atoms with Gasteiger partial charge in [-0.1, -0.05) is 36.4 Å². The van der Waals surface area contributed by atoms with Gasteiger partial charge in [0.1, 0.15) is 11.5 Å². The lowest BCUT2D eigenvalue weighted by Crippen LogP contribution is -2.52. The van der Waals surface area contributed by atoms with Crippen LogP contribution in [0.4, 0.5) is 21.9 Å². The second-order valence-electron chi connectivity index (χ2n) is 17.3. The highest BCUT2D eigenvalue weighted by atomic mass is 32.2.